The van der Waals surface area contributed by atoms with Gasteiger partial charge in [0.2, 0.25) is 17.7 Å². The van der Waals surface area contributed by atoms with Crippen LogP contribution < -0.4 is 10.1 Å². The molecule has 8 nitrogen and oxygen atoms in total. The van der Waals surface area contributed by atoms with Crippen molar-refractivity contribution in [2.24, 2.45) is 0 Å². The average Bonchev–Trinajstić information content (AvgIpc) is 2.98. The van der Waals surface area contributed by atoms with Crippen LogP contribution in [-0.4, -0.2) is 46.2 Å². The predicted octanol–water partition coefficient (Wildman–Crippen LogP) is 0.917. The number of methoxy groups -OCH3 is 1. The molecule has 0 atom stereocenters. The summed E-state index contributed by atoms with van der Waals surface area (Å²) in [5.74, 6) is -0.275. The van der Waals surface area contributed by atoms with E-state index in [4.69, 9.17) is 4.74 Å². The number of hydrogen-bond donors (Lipinski definition) is 1. The van der Waals surface area contributed by atoms with Crippen LogP contribution in [0.1, 0.15) is 18.5 Å². The number of benzene rings is 1. The van der Waals surface area contributed by atoms with Crippen molar-refractivity contribution in [1.29, 1.82) is 0 Å². The molecule has 0 radical (unpaired) electrons. The van der Waals surface area contributed by atoms with Gasteiger partial charge in [0.15, 0.2) is 0 Å². The molecule has 3 amide bonds. The van der Waals surface area contributed by atoms with Crippen LogP contribution in [0.5, 0.6) is 5.75 Å². The Bertz CT molecular complexity index is 819. The zero-order valence-corrected chi connectivity index (χ0v) is 14.3. The van der Waals surface area contributed by atoms with Crippen molar-refractivity contribution in [3.8, 4) is 17.0 Å². The Morgan fingerprint density at radius 1 is 1.15 bits per heavy atom. The van der Waals surface area contributed by atoms with Crippen LogP contribution >= 0.6 is 0 Å². The monoisotopic (exact) mass is 354 g/mol. The van der Waals surface area contributed by atoms with Crippen molar-refractivity contribution < 1.29 is 19.1 Å². The van der Waals surface area contributed by atoms with Crippen molar-refractivity contribution in [2.45, 2.75) is 19.4 Å². The maximum atomic E-state index is 12.0. The third-order valence-electron chi connectivity index (χ3n) is 4.03. The Hall–Kier alpha value is -3.29. The summed E-state index contributed by atoms with van der Waals surface area (Å²) < 4.78 is 5.13. The molecule has 2 aromatic rings. The molecule has 3 rings (SSSR count). The molecule has 0 bridgehead atoms. The van der Waals surface area contributed by atoms with E-state index in [-0.39, 0.29) is 37.7 Å². The molecule has 1 N–H and O–H groups in total. The third kappa shape index (κ3) is 4.02. The van der Waals surface area contributed by atoms with Crippen molar-refractivity contribution in [3.63, 3.8) is 0 Å². The first-order valence-electron chi connectivity index (χ1n) is 8.12. The predicted molar refractivity (Wildman–Crippen MR) is 91.8 cm³/mol. The van der Waals surface area contributed by atoms with Gasteiger partial charge in [-0.25, -0.2) is 9.97 Å². The fourth-order valence-electron chi connectivity index (χ4n) is 2.60. The van der Waals surface area contributed by atoms with E-state index < -0.39 is 5.91 Å². The van der Waals surface area contributed by atoms with Gasteiger partial charge in [0.05, 0.1) is 25.0 Å². The smallest absolute Gasteiger partial charge is 0.240 e. The van der Waals surface area contributed by atoms with Gasteiger partial charge in [-0.05, 0) is 30.3 Å². The highest BCUT2D eigenvalue weighted by Crippen LogP contribution is 2.20. The molecule has 26 heavy (non-hydrogen) atoms. The second-order valence-electron chi connectivity index (χ2n) is 5.77. The first-order chi connectivity index (χ1) is 12.6. The summed E-state index contributed by atoms with van der Waals surface area (Å²) in [6, 6.07) is 9.21. The summed E-state index contributed by atoms with van der Waals surface area (Å²) in [5.41, 5.74) is 2.24. The highest BCUT2D eigenvalue weighted by Gasteiger charge is 2.30. The van der Waals surface area contributed by atoms with Crippen LogP contribution in [0.3, 0.4) is 0 Å². The molecular formula is C18H18N4O4. The number of rotatable bonds is 6. The number of amides is 3. The number of hydrogen-bond acceptors (Lipinski definition) is 6. The average molecular weight is 354 g/mol. The van der Waals surface area contributed by atoms with Gasteiger partial charge in [-0.1, -0.05) is 0 Å². The van der Waals surface area contributed by atoms with Gasteiger partial charge in [0.25, 0.3) is 0 Å². The number of aromatic nitrogens is 2. The molecule has 2 heterocycles. The summed E-state index contributed by atoms with van der Waals surface area (Å²) in [6.45, 7) is -0.0746. The summed E-state index contributed by atoms with van der Waals surface area (Å²) in [6.07, 6.45) is 1.76. The zero-order chi connectivity index (χ0) is 18.5. The van der Waals surface area contributed by atoms with Crippen molar-refractivity contribution in [2.75, 3.05) is 13.7 Å². The second kappa shape index (κ2) is 7.73. The minimum absolute atomic E-state index is 0.170. The van der Waals surface area contributed by atoms with Crippen LogP contribution in [0.2, 0.25) is 0 Å². The van der Waals surface area contributed by atoms with Gasteiger partial charge in [-0.2, -0.15) is 0 Å². The number of imide groups is 1. The molecule has 0 unspecified atom stereocenters. The minimum atomic E-state index is -0.404. The molecule has 1 aromatic heterocycles. The van der Waals surface area contributed by atoms with E-state index in [0.29, 0.717) is 5.69 Å². The van der Waals surface area contributed by atoms with Gasteiger partial charge >= 0.3 is 0 Å². The lowest BCUT2D eigenvalue weighted by Gasteiger charge is -2.13. The van der Waals surface area contributed by atoms with Crippen molar-refractivity contribution >= 4 is 17.7 Å². The third-order valence-corrected chi connectivity index (χ3v) is 4.03. The van der Waals surface area contributed by atoms with Crippen LogP contribution in [0.15, 0.2) is 36.7 Å². The van der Waals surface area contributed by atoms with Gasteiger partial charge in [0, 0.05) is 18.4 Å². The molecule has 0 aliphatic carbocycles. The van der Waals surface area contributed by atoms with Gasteiger partial charge in [-0.15, -0.1) is 0 Å². The lowest BCUT2D eigenvalue weighted by Crippen LogP contribution is -2.39. The Balaban J connectivity index is 1.60. The lowest BCUT2D eigenvalue weighted by molar-refractivity contribution is -0.142. The molecule has 0 saturated carbocycles. The number of carbonyl (C=O) groups is 3. The van der Waals surface area contributed by atoms with E-state index in [1.165, 1.54) is 6.33 Å². The fraction of sp³-hybridized carbons (Fsp3) is 0.278. The Morgan fingerprint density at radius 3 is 2.50 bits per heavy atom. The standard InChI is InChI=1S/C18H18N4O4/c1-26-14-4-2-12(3-5-14)15-8-13(20-11-21-15)9-19-16(23)10-22-17(24)6-7-18(22)25/h2-5,8,11H,6-7,9-10H2,1H3,(H,19,23). The highest BCUT2D eigenvalue weighted by atomic mass is 16.5. The number of carbonyl (C=O) groups excluding carboxylic acids is 3. The van der Waals surface area contributed by atoms with Crippen molar-refractivity contribution in [3.05, 3.63) is 42.4 Å². The maximum absolute atomic E-state index is 12.0. The minimum Gasteiger partial charge on any atom is -0.497 e. The number of likely N-dealkylation sites (tertiary alicyclic amines) is 1. The molecule has 1 fully saturated rings. The summed E-state index contributed by atoms with van der Waals surface area (Å²) in [4.78, 5) is 44.4. The SMILES string of the molecule is COc1ccc(-c2cc(CNC(=O)CN3C(=O)CCC3=O)ncn2)cc1. The molecule has 1 aliphatic heterocycles. The topological polar surface area (TPSA) is 101 Å². The van der Waals surface area contributed by atoms with Crippen LogP contribution in [-0.2, 0) is 20.9 Å². The van der Waals surface area contributed by atoms with Crippen LogP contribution in [0, 0.1) is 0 Å². The first-order valence-corrected chi connectivity index (χ1v) is 8.12. The number of nitrogens with one attached hydrogen (secondary N) is 1. The fourth-order valence-corrected chi connectivity index (χ4v) is 2.60. The van der Waals surface area contributed by atoms with E-state index in [2.05, 4.69) is 15.3 Å². The van der Waals surface area contributed by atoms with Gasteiger partial charge in [-0.3, -0.25) is 19.3 Å². The number of nitrogens with zero attached hydrogens (tertiary/aromatic N) is 3. The van der Waals surface area contributed by atoms with E-state index >= 15 is 0 Å². The van der Waals surface area contributed by atoms with E-state index in [9.17, 15) is 14.4 Å². The lowest BCUT2D eigenvalue weighted by atomic mass is 10.1. The molecule has 1 aromatic carbocycles. The quantitative estimate of drug-likeness (QED) is 0.774. The molecule has 8 heteroatoms. The summed E-state index contributed by atoms with van der Waals surface area (Å²) in [5, 5.41) is 2.67. The molecule has 0 spiro atoms. The molecular weight excluding hydrogens is 336 g/mol. The Labute approximate surface area is 150 Å². The summed E-state index contributed by atoms with van der Waals surface area (Å²) >= 11 is 0. The summed E-state index contributed by atoms with van der Waals surface area (Å²) in [7, 11) is 1.60. The van der Waals surface area contributed by atoms with Crippen molar-refractivity contribution in [1.82, 2.24) is 20.2 Å². The van der Waals surface area contributed by atoms with Crippen LogP contribution in [0.4, 0.5) is 0 Å². The zero-order valence-electron chi connectivity index (χ0n) is 14.3. The van der Waals surface area contributed by atoms with Gasteiger partial charge < -0.3 is 10.1 Å². The van der Waals surface area contributed by atoms with E-state index in [0.717, 1.165) is 21.9 Å². The Morgan fingerprint density at radius 2 is 1.85 bits per heavy atom. The Kier molecular flexibility index (Phi) is 5.21. The maximum Gasteiger partial charge on any atom is 0.240 e. The normalized spacial score (nSPS) is 13.8. The second-order valence-corrected chi connectivity index (χ2v) is 5.77. The number of ether oxygens (including phenoxy) is 1. The van der Waals surface area contributed by atoms with Crippen LogP contribution in [0.25, 0.3) is 11.3 Å². The van der Waals surface area contributed by atoms with E-state index in [1.807, 2.05) is 24.3 Å². The van der Waals surface area contributed by atoms with Gasteiger partial charge in [0.1, 0.15) is 18.6 Å². The molecule has 1 saturated heterocycles. The molecule has 1 aliphatic rings. The first kappa shape index (κ1) is 17.5. The van der Waals surface area contributed by atoms with E-state index in [1.54, 1.807) is 13.2 Å². The largest absolute Gasteiger partial charge is 0.497 e. The highest BCUT2D eigenvalue weighted by molar-refractivity contribution is 6.04. The molecule has 134 valence electrons.